The van der Waals surface area contributed by atoms with Gasteiger partial charge in [-0.3, -0.25) is 14.6 Å². The van der Waals surface area contributed by atoms with Crippen molar-refractivity contribution in [3.8, 4) is 0 Å². The minimum atomic E-state index is -0.467. The van der Waals surface area contributed by atoms with Crippen LogP contribution < -0.4 is 5.32 Å². The van der Waals surface area contributed by atoms with Crippen LogP contribution in [0.3, 0.4) is 0 Å². The molecule has 0 bridgehead atoms. The number of aliphatic imine (C=N–C) groups is 1. The van der Waals surface area contributed by atoms with E-state index in [1.807, 2.05) is 19.1 Å². The van der Waals surface area contributed by atoms with E-state index >= 15 is 0 Å². The van der Waals surface area contributed by atoms with Gasteiger partial charge in [0.25, 0.3) is 0 Å². The number of hydrogen-bond acceptors (Lipinski definition) is 4. The lowest BCUT2D eigenvalue weighted by Crippen LogP contribution is -2.23. The molecule has 0 unspecified atom stereocenters. The first-order valence-corrected chi connectivity index (χ1v) is 7.04. The number of Topliss-reactive ketones (excluding diaryl/α,β-unsaturated/α-hetero) is 2. The number of nitrogens with one attached hydrogen (secondary N) is 1. The van der Waals surface area contributed by atoms with Crippen molar-refractivity contribution in [1.82, 2.24) is 0 Å². The lowest BCUT2D eigenvalue weighted by molar-refractivity contribution is -0.111. The Balaban J connectivity index is 2.68. The number of fused-ring (bicyclic) bond motifs is 1. The van der Waals surface area contributed by atoms with Gasteiger partial charge in [-0.2, -0.15) is 0 Å². The van der Waals surface area contributed by atoms with Gasteiger partial charge in [0.05, 0.1) is 5.70 Å². The zero-order chi connectivity index (χ0) is 15.7. The van der Waals surface area contributed by atoms with Crippen molar-refractivity contribution in [3.05, 3.63) is 34.9 Å². The van der Waals surface area contributed by atoms with E-state index in [4.69, 9.17) is 0 Å². The highest BCUT2D eigenvalue weighted by Crippen LogP contribution is 2.32. The lowest BCUT2D eigenvalue weighted by atomic mass is 9.87. The molecule has 0 heterocycles. The second-order valence-corrected chi connectivity index (χ2v) is 5.55. The molecule has 0 saturated carbocycles. The van der Waals surface area contributed by atoms with Crippen LogP contribution >= 0.6 is 0 Å². The molecule has 0 amide bonds. The molecule has 1 N–H and O–H groups in total. The summed E-state index contributed by atoms with van der Waals surface area (Å²) in [4.78, 5) is 29.0. The van der Waals surface area contributed by atoms with Crippen LogP contribution in [0.1, 0.15) is 43.6 Å². The average molecular weight is 284 g/mol. The Morgan fingerprint density at radius 2 is 1.81 bits per heavy atom. The summed E-state index contributed by atoms with van der Waals surface area (Å²) in [6.07, 6.45) is 0. The van der Waals surface area contributed by atoms with Gasteiger partial charge in [0.2, 0.25) is 11.6 Å². The minimum Gasteiger partial charge on any atom is -0.388 e. The maximum Gasteiger partial charge on any atom is 0.234 e. The van der Waals surface area contributed by atoms with Gasteiger partial charge in [0.15, 0.2) is 0 Å². The number of anilines is 1. The van der Waals surface area contributed by atoms with Crippen LogP contribution in [0.5, 0.6) is 0 Å². The minimum absolute atomic E-state index is 0.290. The maximum atomic E-state index is 12.2. The molecular formula is C17H20N2O2. The highest BCUT2D eigenvalue weighted by Gasteiger charge is 2.30. The number of carbonyl (C=O) groups is 2. The summed E-state index contributed by atoms with van der Waals surface area (Å²) in [5, 5.41) is 2.98. The summed E-state index contributed by atoms with van der Waals surface area (Å²) in [6, 6.07) is 5.44. The fraction of sp³-hybridized carbons (Fsp3) is 0.353. The summed E-state index contributed by atoms with van der Waals surface area (Å²) in [5.74, 6) is -0.634. The van der Waals surface area contributed by atoms with Crippen molar-refractivity contribution < 1.29 is 9.59 Å². The van der Waals surface area contributed by atoms with E-state index in [-0.39, 0.29) is 5.92 Å². The summed E-state index contributed by atoms with van der Waals surface area (Å²) in [5.41, 5.74) is 3.94. The number of nitrogens with zero attached hydrogens (tertiary/aromatic N) is 1. The zero-order valence-electron chi connectivity index (χ0n) is 13.1. The van der Waals surface area contributed by atoms with Crippen molar-refractivity contribution in [3.63, 3.8) is 0 Å². The van der Waals surface area contributed by atoms with E-state index in [9.17, 15) is 9.59 Å². The molecule has 0 spiro atoms. The standard InChI is InChI=1S/C17H20N2O2/c1-9(2)11(4)19-15-10(3)16(20)17(21)14-8-12(18-5)6-7-13(14)15/h6-9,18H,1-5H3. The number of ketones is 2. The van der Waals surface area contributed by atoms with E-state index in [2.05, 4.69) is 24.2 Å². The lowest BCUT2D eigenvalue weighted by Gasteiger charge is -2.19. The Morgan fingerprint density at radius 3 is 2.38 bits per heavy atom. The third kappa shape index (κ3) is 2.66. The molecule has 21 heavy (non-hydrogen) atoms. The molecule has 0 saturated heterocycles. The SMILES string of the molecule is CNc1ccc2c(c1)C(=O)C(=O)C(C)=C2N=C(C)C(C)C. The second kappa shape index (κ2) is 5.64. The number of benzene rings is 1. The Kier molecular flexibility index (Phi) is 4.07. The van der Waals surface area contributed by atoms with Gasteiger partial charge < -0.3 is 5.32 Å². The van der Waals surface area contributed by atoms with E-state index in [1.54, 1.807) is 20.0 Å². The highest BCUT2D eigenvalue weighted by molar-refractivity contribution is 6.52. The monoisotopic (exact) mass is 284 g/mol. The Labute approximate surface area is 125 Å². The van der Waals surface area contributed by atoms with Crippen LogP contribution in [0.2, 0.25) is 0 Å². The van der Waals surface area contributed by atoms with Gasteiger partial charge in [0.1, 0.15) is 0 Å². The first kappa shape index (κ1) is 15.2. The van der Waals surface area contributed by atoms with Crippen molar-refractivity contribution >= 4 is 28.7 Å². The maximum absolute atomic E-state index is 12.2. The van der Waals surface area contributed by atoms with Crippen molar-refractivity contribution in [2.24, 2.45) is 10.9 Å². The van der Waals surface area contributed by atoms with E-state index in [1.165, 1.54) is 0 Å². The molecule has 0 aromatic heterocycles. The molecule has 1 aliphatic carbocycles. The van der Waals surface area contributed by atoms with E-state index < -0.39 is 11.6 Å². The smallest absolute Gasteiger partial charge is 0.234 e. The van der Waals surface area contributed by atoms with E-state index in [0.29, 0.717) is 16.8 Å². The number of hydrogen-bond donors (Lipinski definition) is 1. The topological polar surface area (TPSA) is 58.5 Å². The largest absolute Gasteiger partial charge is 0.388 e. The molecule has 0 atom stereocenters. The molecule has 4 heteroatoms. The van der Waals surface area contributed by atoms with Crippen LogP contribution in [0.4, 0.5) is 5.69 Å². The van der Waals surface area contributed by atoms with Gasteiger partial charge in [0, 0.05) is 35.1 Å². The van der Waals surface area contributed by atoms with Crippen LogP contribution in [0.15, 0.2) is 28.8 Å². The molecule has 1 aromatic carbocycles. The molecule has 1 aliphatic rings. The number of carbonyl (C=O) groups excluding carboxylic acids is 2. The third-order valence-electron chi connectivity index (χ3n) is 3.83. The van der Waals surface area contributed by atoms with Gasteiger partial charge in [-0.05, 0) is 31.9 Å². The fourth-order valence-corrected chi connectivity index (χ4v) is 2.15. The first-order chi connectivity index (χ1) is 9.86. The van der Waals surface area contributed by atoms with Crippen LogP contribution in [0.25, 0.3) is 5.70 Å². The highest BCUT2D eigenvalue weighted by atomic mass is 16.2. The molecule has 2 rings (SSSR count). The molecule has 110 valence electrons. The van der Waals surface area contributed by atoms with Crippen LogP contribution in [-0.2, 0) is 4.79 Å². The van der Waals surface area contributed by atoms with Gasteiger partial charge in [-0.25, -0.2) is 0 Å². The van der Waals surface area contributed by atoms with Crippen molar-refractivity contribution in [2.45, 2.75) is 27.7 Å². The zero-order valence-corrected chi connectivity index (χ0v) is 13.1. The Morgan fingerprint density at radius 1 is 1.14 bits per heavy atom. The van der Waals surface area contributed by atoms with Gasteiger partial charge >= 0.3 is 0 Å². The fourth-order valence-electron chi connectivity index (χ4n) is 2.15. The van der Waals surface area contributed by atoms with Gasteiger partial charge in [-0.1, -0.05) is 19.9 Å². The summed E-state index contributed by atoms with van der Waals surface area (Å²) in [6.45, 7) is 7.71. The molecule has 1 aromatic rings. The average Bonchev–Trinajstić information content (AvgIpc) is 2.48. The predicted molar refractivity (Wildman–Crippen MR) is 85.9 cm³/mol. The molecule has 0 fully saturated rings. The summed E-state index contributed by atoms with van der Waals surface area (Å²) in [7, 11) is 1.78. The van der Waals surface area contributed by atoms with Crippen molar-refractivity contribution in [2.75, 3.05) is 12.4 Å². The normalized spacial score (nSPS) is 15.6. The molecular weight excluding hydrogens is 264 g/mol. The molecule has 0 radical (unpaired) electrons. The third-order valence-corrected chi connectivity index (χ3v) is 3.83. The Bertz CT molecular complexity index is 682. The van der Waals surface area contributed by atoms with Crippen LogP contribution in [0, 0.1) is 5.92 Å². The van der Waals surface area contributed by atoms with Crippen molar-refractivity contribution in [1.29, 1.82) is 0 Å². The summed E-state index contributed by atoms with van der Waals surface area (Å²) < 4.78 is 0. The van der Waals surface area contributed by atoms with Gasteiger partial charge in [-0.15, -0.1) is 0 Å². The first-order valence-electron chi connectivity index (χ1n) is 7.04. The Hall–Kier alpha value is -2.23. The number of rotatable bonds is 3. The number of allylic oxidation sites excluding steroid dienone is 1. The molecule has 4 nitrogen and oxygen atoms in total. The second-order valence-electron chi connectivity index (χ2n) is 5.55. The predicted octanol–water partition coefficient (Wildman–Crippen LogP) is 3.34. The summed E-state index contributed by atoms with van der Waals surface area (Å²) >= 11 is 0. The quantitative estimate of drug-likeness (QED) is 0.684. The van der Waals surface area contributed by atoms with E-state index in [0.717, 1.165) is 17.0 Å². The molecule has 0 aliphatic heterocycles. The van der Waals surface area contributed by atoms with Crippen LogP contribution in [-0.4, -0.2) is 24.3 Å².